The van der Waals surface area contributed by atoms with E-state index in [0.29, 0.717) is 39.1 Å². The van der Waals surface area contributed by atoms with Gasteiger partial charge in [0, 0.05) is 17.6 Å². The number of esters is 1. The van der Waals surface area contributed by atoms with Gasteiger partial charge in [0.05, 0.1) is 35.0 Å². The number of fused-ring (bicyclic) bond motifs is 4. The minimum Gasteiger partial charge on any atom is -0.463 e. The van der Waals surface area contributed by atoms with Crippen molar-refractivity contribution in [2.75, 3.05) is 12.4 Å². The van der Waals surface area contributed by atoms with Crippen LogP contribution in [0.15, 0.2) is 46.3 Å². The van der Waals surface area contributed by atoms with Crippen LogP contribution in [-0.4, -0.2) is 32.9 Å². The summed E-state index contributed by atoms with van der Waals surface area (Å²) in [5.41, 5.74) is 11.0. The molecule has 2 N–H and O–H groups in total. The fourth-order valence-corrected chi connectivity index (χ4v) is 6.08. The lowest BCUT2D eigenvalue weighted by Gasteiger charge is -2.27. The summed E-state index contributed by atoms with van der Waals surface area (Å²) in [6.45, 7) is 2.00. The maximum absolute atomic E-state index is 13.1. The van der Waals surface area contributed by atoms with Gasteiger partial charge < -0.3 is 19.8 Å². The molecular formula is C25H24N4O3S2. The zero-order valence-corrected chi connectivity index (χ0v) is 20.4. The Balaban J connectivity index is 1.53. The van der Waals surface area contributed by atoms with Gasteiger partial charge in [0.25, 0.3) is 0 Å². The van der Waals surface area contributed by atoms with Gasteiger partial charge in [0.2, 0.25) is 0 Å². The number of carbonyl (C=O) groups excluding carboxylic acids is 1. The molecule has 5 rings (SSSR count). The zero-order chi connectivity index (χ0) is 23.8. The standard InChI is InChI=1S/C25H24N4O3S2/c1-2-31-24(30)20-18(32-25(33)21-19(20)17-9-6-10-29(17)22(21)27)13-34-23-15(12-26)11-14-7-4-3-5-8-16(14)28-23/h6,9-11,19H,2-5,7-8,13,27H2,1H3. The van der Waals surface area contributed by atoms with Crippen molar-refractivity contribution in [3.05, 3.63) is 63.8 Å². The lowest BCUT2D eigenvalue weighted by Crippen LogP contribution is -2.28. The molecule has 9 heteroatoms. The van der Waals surface area contributed by atoms with Crippen molar-refractivity contribution >= 4 is 40.8 Å². The maximum atomic E-state index is 13.1. The van der Waals surface area contributed by atoms with E-state index in [-0.39, 0.29) is 11.7 Å². The van der Waals surface area contributed by atoms with E-state index in [1.54, 1.807) is 6.92 Å². The number of hydrogen-bond acceptors (Lipinski definition) is 8. The zero-order valence-electron chi connectivity index (χ0n) is 18.8. The highest BCUT2D eigenvalue weighted by Crippen LogP contribution is 2.47. The molecule has 0 radical (unpaired) electrons. The van der Waals surface area contributed by atoms with E-state index in [1.165, 1.54) is 18.2 Å². The van der Waals surface area contributed by atoms with Crippen molar-refractivity contribution in [2.45, 2.75) is 50.0 Å². The Morgan fingerprint density at radius 2 is 2.24 bits per heavy atom. The largest absolute Gasteiger partial charge is 0.463 e. The summed E-state index contributed by atoms with van der Waals surface area (Å²) in [6, 6.07) is 8.05. The van der Waals surface area contributed by atoms with Crippen LogP contribution in [0, 0.1) is 11.3 Å². The Bertz CT molecular complexity index is 1300. The average molecular weight is 493 g/mol. The first-order valence-corrected chi connectivity index (χ1v) is 12.8. The second-order valence-electron chi connectivity index (χ2n) is 8.39. The third kappa shape index (κ3) is 3.81. The minimum absolute atomic E-state index is 0.237. The summed E-state index contributed by atoms with van der Waals surface area (Å²) in [7, 11) is 0. The molecule has 0 aromatic carbocycles. The maximum Gasteiger partial charge on any atom is 0.338 e. The van der Waals surface area contributed by atoms with Crippen molar-refractivity contribution in [1.29, 1.82) is 5.26 Å². The summed E-state index contributed by atoms with van der Waals surface area (Å²) in [5, 5.41) is 10.7. The molecule has 2 aliphatic heterocycles. The molecule has 34 heavy (non-hydrogen) atoms. The van der Waals surface area contributed by atoms with Crippen molar-refractivity contribution < 1.29 is 14.3 Å². The Kier molecular flexibility index (Phi) is 6.19. The van der Waals surface area contributed by atoms with E-state index < -0.39 is 11.9 Å². The van der Waals surface area contributed by atoms with E-state index in [0.717, 1.165) is 42.6 Å². The van der Waals surface area contributed by atoms with Crippen molar-refractivity contribution in [3.63, 3.8) is 0 Å². The Hall–Kier alpha value is -3.09. The molecule has 1 aliphatic carbocycles. The van der Waals surface area contributed by atoms with E-state index in [2.05, 4.69) is 6.07 Å². The highest BCUT2D eigenvalue weighted by Gasteiger charge is 2.44. The quantitative estimate of drug-likeness (QED) is 0.286. The summed E-state index contributed by atoms with van der Waals surface area (Å²) in [4.78, 5) is 17.9. The van der Waals surface area contributed by atoms with Crippen molar-refractivity contribution in [3.8, 4) is 6.07 Å². The van der Waals surface area contributed by atoms with Crippen LogP contribution in [0.3, 0.4) is 0 Å². The normalized spacial score (nSPS) is 19.1. The van der Waals surface area contributed by atoms with E-state index in [1.807, 2.05) is 29.0 Å². The van der Waals surface area contributed by atoms with Crippen LogP contribution in [0.4, 0.5) is 0 Å². The highest BCUT2D eigenvalue weighted by atomic mass is 32.2. The molecule has 0 bridgehead atoms. The molecular weight excluding hydrogens is 468 g/mol. The van der Waals surface area contributed by atoms with Crippen LogP contribution in [0.25, 0.3) is 5.82 Å². The number of thioether (sulfide) groups is 1. The van der Waals surface area contributed by atoms with Crippen molar-refractivity contribution in [1.82, 2.24) is 9.55 Å². The smallest absolute Gasteiger partial charge is 0.338 e. The SMILES string of the molecule is CCOC(=O)C1=C(CSc2nc3c(cc2C#N)CCCCC3)OC(=S)C2=C(N)n3cccc3C12. The first-order valence-electron chi connectivity index (χ1n) is 11.4. The first-order chi connectivity index (χ1) is 16.5. The summed E-state index contributed by atoms with van der Waals surface area (Å²) in [5.74, 6) is 0.273. The van der Waals surface area contributed by atoms with Crippen LogP contribution in [0.2, 0.25) is 0 Å². The summed E-state index contributed by atoms with van der Waals surface area (Å²) < 4.78 is 13.2. The van der Waals surface area contributed by atoms with Gasteiger partial charge in [0.15, 0.2) is 5.05 Å². The molecule has 0 amide bonds. The van der Waals surface area contributed by atoms with E-state index >= 15 is 0 Å². The summed E-state index contributed by atoms with van der Waals surface area (Å²) >= 11 is 6.93. The Morgan fingerprint density at radius 3 is 3.03 bits per heavy atom. The van der Waals surface area contributed by atoms with Crippen LogP contribution in [0.5, 0.6) is 0 Å². The number of hydrogen-bond donors (Lipinski definition) is 1. The molecule has 7 nitrogen and oxygen atoms in total. The number of aromatic nitrogens is 2. The van der Waals surface area contributed by atoms with Crippen LogP contribution >= 0.6 is 24.0 Å². The fourth-order valence-electron chi connectivity index (χ4n) is 4.84. The van der Waals surface area contributed by atoms with Gasteiger partial charge in [-0.15, -0.1) is 0 Å². The van der Waals surface area contributed by atoms with Crippen molar-refractivity contribution in [2.24, 2.45) is 5.73 Å². The minimum atomic E-state index is -0.457. The van der Waals surface area contributed by atoms with Gasteiger partial charge in [-0.05, 0) is 68.6 Å². The van der Waals surface area contributed by atoms with Gasteiger partial charge >= 0.3 is 5.97 Å². The molecule has 0 saturated carbocycles. The number of nitrogens with zero attached hydrogens (tertiary/aromatic N) is 3. The molecule has 174 valence electrons. The highest BCUT2D eigenvalue weighted by molar-refractivity contribution is 7.99. The average Bonchev–Trinajstić information content (AvgIpc) is 3.33. The predicted molar refractivity (Wildman–Crippen MR) is 133 cm³/mol. The third-order valence-corrected chi connectivity index (χ3v) is 7.69. The van der Waals surface area contributed by atoms with Crippen LogP contribution in [-0.2, 0) is 27.1 Å². The Morgan fingerprint density at radius 1 is 1.41 bits per heavy atom. The number of nitriles is 1. The topological polar surface area (TPSA) is 103 Å². The van der Waals surface area contributed by atoms with Gasteiger partial charge in [0.1, 0.15) is 22.7 Å². The molecule has 2 aromatic heterocycles. The van der Waals surface area contributed by atoms with Gasteiger partial charge in [-0.3, -0.25) is 0 Å². The third-order valence-electron chi connectivity index (χ3n) is 6.40. The van der Waals surface area contributed by atoms with Gasteiger partial charge in [-0.25, -0.2) is 9.78 Å². The molecule has 1 unspecified atom stereocenters. The fraction of sp³-hybridized carbons (Fsp3) is 0.360. The lowest BCUT2D eigenvalue weighted by molar-refractivity contribution is -0.139. The molecule has 1 atom stereocenters. The second-order valence-corrected chi connectivity index (χ2v) is 9.72. The number of pyridine rings is 1. The summed E-state index contributed by atoms with van der Waals surface area (Å²) in [6.07, 6.45) is 7.10. The number of aryl methyl sites for hydroxylation is 2. The van der Waals surface area contributed by atoms with E-state index in [4.69, 9.17) is 32.4 Å². The van der Waals surface area contributed by atoms with Gasteiger partial charge in [-0.2, -0.15) is 5.26 Å². The number of thiocarbonyl (C=S) groups is 1. The molecule has 3 aliphatic rings. The molecule has 4 heterocycles. The van der Waals surface area contributed by atoms with Gasteiger partial charge in [-0.1, -0.05) is 18.2 Å². The lowest BCUT2D eigenvalue weighted by atomic mass is 9.87. The number of rotatable bonds is 5. The predicted octanol–water partition coefficient (Wildman–Crippen LogP) is 4.22. The Labute approximate surface area is 207 Å². The monoisotopic (exact) mass is 492 g/mol. The van der Waals surface area contributed by atoms with E-state index in [9.17, 15) is 10.1 Å². The molecule has 2 aromatic rings. The second kappa shape index (κ2) is 9.28. The van der Waals surface area contributed by atoms with Crippen LogP contribution < -0.4 is 5.73 Å². The molecule has 0 spiro atoms. The number of carbonyl (C=O) groups is 1. The molecule has 0 saturated heterocycles. The van der Waals surface area contributed by atoms with Crippen LogP contribution in [0.1, 0.15) is 54.6 Å². The first kappa shape index (κ1) is 22.7. The number of ether oxygens (including phenoxy) is 2. The molecule has 0 fully saturated rings. The number of nitrogens with two attached hydrogens (primary N) is 1.